The SMILES string of the molecule is CCCCCCCCC(CCCCCC)COc1c2cc(B3OC(C)(C)C(C)(C)O3)sc2c(OCC(CCCCCC)CCCCCCCC)c2cc(B3OC(C)(C)C(C)(C)O3)sc12. The summed E-state index contributed by atoms with van der Waals surface area (Å²) in [5, 5.41) is 2.22. The second-order valence-corrected chi connectivity index (χ2v) is 24.0. The van der Waals surface area contributed by atoms with Crippen LogP contribution in [0.3, 0.4) is 0 Å². The first-order valence-electron chi connectivity index (χ1n) is 26.6. The van der Waals surface area contributed by atoms with Crippen LogP contribution in [-0.2, 0) is 18.6 Å². The molecule has 0 radical (unpaired) electrons. The number of unbranched alkanes of at least 4 members (excludes halogenated alkanes) is 16. The molecule has 10 heteroatoms. The molecule has 2 aromatic heterocycles. The minimum absolute atomic E-state index is 0.437. The van der Waals surface area contributed by atoms with Gasteiger partial charge in [-0.2, -0.15) is 0 Å². The molecular weight excluding hydrogens is 830 g/mol. The highest BCUT2D eigenvalue weighted by Gasteiger charge is 2.54. The van der Waals surface area contributed by atoms with Crippen LogP contribution in [0.4, 0.5) is 0 Å². The summed E-state index contributed by atoms with van der Waals surface area (Å²) < 4.78 is 45.9. The van der Waals surface area contributed by atoms with E-state index in [2.05, 4.69) is 95.2 Å². The molecule has 1 aromatic carbocycles. The molecule has 3 aromatic rings. The van der Waals surface area contributed by atoms with Crippen LogP contribution in [-0.4, -0.2) is 49.9 Å². The lowest BCUT2D eigenvalue weighted by Crippen LogP contribution is -2.41. The summed E-state index contributed by atoms with van der Waals surface area (Å²) in [7, 11) is -0.918. The second-order valence-electron chi connectivity index (χ2n) is 21.8. The van der Waals surface area contributed by atoms with E-state index in [4.69, 9.17) is 28.1 Å². The van der Waals surface area contributed by atoms with Crippen molar-refractivity contribution in [2.45, 2.75) is 260 Å². The molecule has 6 nitrogen and oxygen atoms in total. The predicted octanol–water partition coefficient (Wildman–Crippen LogP) is 16.1. The van der Waals surface area contributed by atoms with Crippen molar-refractivity contribution in [3.05, 3.63) is 12.1 Å². The number of hydrogen-bond donors (Lipinski definition) is 0. The third-order valence-corrected chi connectivity index (χ3v) is 17.5. The first-order chi connectivity index (χ1) is 30.6. The molecule has 4 heterocycles. The first kappa shape index (κ1) is 53.7. The Morgan fingerprint density at radius 2 is 0.688 bits per heavy atom. The van der Waals surface area contributed by atoms with Crippen molar-refractivity contribution >= 4 is 66.6 Å². The highest BCUT2D eigenvalue weighted by Crippen LogP contribution is 2.49. The van der Waals surface area contributed by atoms with E-state index >= 15 is 0 Å². The number of benzene rings is 1. The van der Waals surface area contributed by atoms with Gasteiger partial charge < -0.3 is 28.1 Å². The molecule has 2 aliphatic heterocycles. The van der Waals surface area contributed by atoms with Gasteiger partial charge in [-0.1, -0.05) is 156 Å². The van der Waals surface area contributed by atoms with Crippen molar-refractivity contribution in [3.63, 3.8) is 0 Å². The van der Waals surface area contributed by atoms with Crippen molar-refractivity contribution in [2.75, 3.05) is 13.2 Å². The van der Waals surface area contributed by atoms with Crippen LogP contribution in [0.25, 0.3) is 20.2 Å². The van der Waals surface area contributed by atoms with Crippen LogP contribution < -0.4 is 19.0 Å². The summed E-state index contributed by atoms with van der Waals surface area (Å²) in [5.74, 6) is 2.97. The van der Waals surface area contributed by atoms with Crippen molar-refractivity contribution in [1.29, 1.82) is 0 Å². The summed E-state index contributed by atoms with van der Waals surface area (Å²) in [5.41, 5.74) is -1.75. The Morgan fingerprint density at radius 3 is 0.984 bits per heavy atom. The lowest BCUT2D eigenvalue weighted by molar-refractivity contribution is 0.00578. The summed E-state index contributed by atoms with van der Waals surface area (Å²) in [6, 6.07) is 4.61. The van der Waals surface area contributed by atoms with Gasteiger partial charge in [0.25, 0.3) is 0 Å². The standard InChI is InChI=1S/C54H92B2O6S2/c1-13-17-21-25-27-31-35-41(33-29-23-19-15-3)39-57-47-43-37-45(55-59-51(5,6)52(7,8)60-55)64-50(43)48(44-38-46(63-49(44)47)56-61-53(9,10)54(11,12)62-56)58-40-42(34-30-24-20-16-4)36-32-28-26-22-18-14-2/h37-38,41-42H,13-36,39-40H2,1-12H3. The van der Waals surface area contributed by atoms with Crippen LogP contribution in [0, 0.1) is 11.8 Å². The fourth-order valence-corrected chi connectivity index (χ4v) is 11.6. The average molecular weight is 923 g/mol. The Morgan fingerprint density at radius 1 is 0.422 bits per heavy atom. The van der Waals surface area contributed by atoms with E-state index in [1.54, 1.807) is 22.7 Å². The molecule has 0 bridgehead atoms. The van der Waals surface area contributed by atoms with Gasteiger partial charge >= 0.3 is 14.2 Å². The molecule has 362 valence electrons. The van der Waals surface area contributed by atoms with Crippen LogP contribution in [0.1, 0.15) is 237 Å². The van der Waals surface area contributed by atoms with Gasteiger partial charge in [0.05, 0.1) is 45.0 Å². The Kier molecular flexibility index (Phi) is 21.3. The van der Waals surface area contributed by atoms with Gasteiger partial charge in [0, 0.05) is 20.3 Å². The Hall–Kier alpha value is -1.29. The molecule has 0 N–H and O–H groups in total. The topological polar surface area (TPSA) is 55.4 Å². The van der Waals surface area contributed by atoms with Gasteiger partial charge in [-0.3, -0.25) is 0 Å². The minimum atomic E-state index is -0.459. The largest absolute Gasteiger partial charge is 0.505 e. The molecule has 2 aliphatic rings. The van der Waals surface area contributed by atoms with Crippen molar-refractivity contribution < 1.29 is 28.1 Å². The highest BCUT2D eigenvalue weighted by molar-refractivity contribution is 7.30. The maximum atomic E-state index is 7.31. The van der Waals surface area contributed by atoms with E-state index in [9.17, 15) is 0 Å². The molecule has 0 saturated carbocycles. The lowest BCUT2D eigenvalue weighted by Gasteiger charge is -2.32. The summed E-state index contributed by atoms with van der Waals surface area (Å²) in [6.45, 7) is 27.8. The van der Waals surface area contributed by atoms with E-state index < -0.39 is 36.6 Å². The Labute approximate surface area is 401 Å². The van der Waals surface area contributed by atoms with Gasteiger partial charge in [-0.15, -0.1) is 22.7 Å². The first-order valence-corrected chi connectivity index (χ1v) is 28.2. The zero-order chi connectivity index (χ0) is 46.4. The van der Waals surface area contributed by atoms with Gasteiger partial charge in [0.1, 0.15) is 11.5 Å². The van der Waals surface area contributed by atoms with Crippen molar-refractivity contribution in [3.8, 4) is 11.5 Å². The van der Waals surface area contributed by atoms with Crippen LogP contribution in [0.5, 0.6) is 11.5 Å². The van der Waals surface area contributed by atoms with E-state index in [1.807, 2.05) is 0 Å². The molecule has 0 aliphatic carbocycles. The summed E-state index contributed by atoms with van der Waals surface area (Å²) in [6.07, 6.45) is 31.0. The maximum absolute atomic E-state index is 7.31. The van der Waals surface area contributed by atoms with E-state index in [-0.39, 0.29) is 0 Å². The number of thiophene rings is 2. The predicted molar refractivity (Wildman–Crippen MR) is 280 cm³/mol. The third-order valence-electron chi connectivity index (χ3n) is 15.2. The molecule has 64 heavy (non-hydrogen) atoms. The highest BCUT2D eigenvalue weighted by atomic mass is 32.1. The molecule has 2 atom stereocenters. The lowest BCUT2D eigenvalue weighted by atomic mass is 9.87. The average Bonchev–Trinajstić information content (AvgIpc) is 3.98. The molecule has 2 fully saturated rings. The molecule has 0 spiro atoms. The van der Waals surface area contributed by atoms with Gasteiger partial charge in [0.2, 0.25) is 0 Å². The number of rotatable bonds is 32. The van der Waals surface area contributed by atoms with Crippen LogP contribution >= 0.6 is 22.7 Å². The summed E-state index contributed by atoms with van der Waals surface area (Å²) in [4.78, 5) is 0. The smallest absolute Gasteiger partial charge is 0.491 e. The Bertz CT molecular complexity index is 1600. The van der Waals surface area contributed by atoms with E-state index in [0.717, 1.165) is 54.4 Å². The zero-order valence-electron chi connectivity index (χ0n) is 43.1. The number of hydrogen-bond acceptors (Lipinski definition) is 8. The van der Waals surface area contributed by atoms with Crippen LogP contribution in [0.15, 0.2) is 12.1 Å². The fourth-order valence-electron chi connectivity index (χ4n) is 9.35. The Balaban J connectivity index is 1.56. The minimum Gasteiger partial charge on any atom is -0.491 e. The molecule has 5 rings (SSSR count). The molecule has 2 unspecified atom stereocenters. The maximum Gasteiger partial charge on any atom is 0.505 e. The number of ether oxygens (including phenoxy) is 2. The van der Waals surface area contributed by atoms with Gasteiger partial charge in [-0.05, 0) is 105 Å². The zero-order valence-corrected chi connectivity index (χ0v) is 44.7. The van der Waals surface area contributed by atoms with Crippen molar-refractivity contribution in [1.82, 2.24) is 0 Å². The fraction of sp³-hybridized carbons (Fsp3) is 0.815. The van der Waals surface area contributed by atoms with Crippen molar-refractivity contribution in [2.24, 2.45) is 11.8 Å². The number of fused-ring (bicyclic) bond motifs is 2. The van der Waals surface area contributed by atoms with E-state index in [1.165, 1.54) is 154 Å². The van der Waals surface area contributed by atoms with Gasteiger partial charge in [0.15, 0.2) is 0 Å². The van der Waals surface area contributed by atoms with Gasteiger partial charge in [-0.25, -0.2) is 0 Å². The molecule has 2 saturated heterocycles. The normalized spacial score (nSPS) is 18.8. The quantitative estimate of drug-likeness (QED) is 0.0459. The second kappa shape index (κ2) is 25.4. The molecule has 0 amide bonds. The third kappa shape index (κ3) is 14.4. The van der Waals surface area contributed by atoms with Crippen LogP contribution in [0.2, 0.25) is 0 Å². The monoisotopic (exact) mass is 923 g/mol. The molecular formula is C54H92B2O6S2. The van der Waals surface area contributed by atoms with E-state index in [0.29, 0.717) is 11.8 Å². The summed E-state index contributed by atoms with van der Waals surface area (Å²) >= 11 is 3.52.